The summed E-state index contributed by atoms with van der Waals surface area (Å²) in [5, 5.41) is 3.74. The van der Waals surface area contributed by atoms with Gasteiger partial charge in [-0.2, -0.15) is 4.31 Å². The van der Waals surface area contributed by atoms with Gasteiger partial charge in [0.15, 0.2) is 0 Å². The quantitative estimate of drug-likeness (QED) is 0.750. The number of nitrogens with one attached hydrogen (secondary N) is 1. The smallest absolute Gasteiger partial charge is 0.243 e. The van der Waals surface area contributed by atoms with E-state index in [0.29, 0.717) is 24.7 Å². The van der Waals surface area contributed by atoms with Crippen LogP contribution in [-0.4, -0.2) is 32.4 Å². The largest absolute Gasteiger partial charge is 0.313 e. The van der Waals surface area contributed by atoms with Crippen molar-refractivity contribution in [2.75, 3.05) is 19.6 Å². The Hall–Kier alpha value is -0.620. The molecule has 1 aromatic rings. The molecule has 0 saturated heterocycles. The van der Waals surface area contributed by atoms with Crippen LogP contribution in [0, 0.1) is 0 Å². The molecule has 1 aromatic carbocycles. The number of hydrogen-bond acceptors (Lipinski definition) is 3. The van der Waals surface area contributed by atoms with Crippen LogP contribution in [-0.2, 0) is 16.6 Å². The molecule has 114 valence electrons. The number of benzene rings is 1. The van der Waals surface area contributed by atoms with E-state index < -0.39 is 10.0 Å². The molecule has 0 atom stereocenters. The molecule has 0 saturated carbocycles. The summed E-state index contributed by atoms with van der Waals surface area (Å²) in [7, 11) is -3.44. The van der Waals surface area contributed by atoms with Crippen LogP contribution in [0.15, 0.2) is 23.1 Å². The Kier molecular flexibility index (Phi) is 6.95. The van der Waals surface area contributed by atoms with E-state index in [1.807, 2.05) is 13.8 Å². The Labute approximate surface area is 127 Å². The number of hydrogen-bond donors (Lipinski definition) is 1. The van der Waals surface area contributed by atoms with Gasteiger partial charge >= 0.3 is 0 Å². The lowest BCUT2D eigenvalue weighted by molar-refractivity contribution is 0.445. The van der Waals surface area contributed by atoms with Gasteiger partial charge in [-0.3, -0.25) is 0 Å². The van der Waals surface area contributed by atoms with Crippen molar-refractivity contribution in [1.29, 1.82) is 0 Å². The predicted octanol–water partition coefficient (Wildman–Crippen LogP) is 2.87. The van der Waals surface area contributed by atoms with Crippen LogP contribution in [0.1, 0.15) is 32.8 Å². The van der Waals surface area contributed by atoms with Gasteiger partial charge in [0.05, 0.1) is 4.90 Å². The van der Waals surface area contributed by atoms with Crippen molar-refractivity contribution in [1.82, 2.24) is 9.62 Å². The number of halogens is 1. The summed E-state index contributed by atoms with van der Waals surface area (Å²) in [6.07, 6.45) is 1.05. The van der Waals surface area contributed by atoms with E-state index in [4.69, 9.17) is 11.6 Å². The highest BCUT2D eigenvalue weighted by atomic mass is 35.5. The summed E-state index contributed by atoms with van der Waals surface area (Å²) in [6.45, 7) is 8.21. The molecule has 0 aliphatic rings. The summed E-state index contributed by atoms with van der Waals surface area (Å²) >= 11 is 6.18. The van der Waals surface area contributed by atoms with Crippen molar-refractivity contribution in [3.8, 4) is 0 Å². The zero-order valence-corrected chi connectivity index (χ0v) is 13.9. The van der Waals surface area contributed by atoms with E-state index in [1.54, 1.807) is 12.1 Å². The minimum atomic E-state index is -3.44. The normalized spacial score (nSPS) is 12.1. The average molecular weight is 319 g/mol. The molecule has 6 heteroatoms. The highest BCUT2D eigenvalue weighted by molar-refractivity contribution is 7.89. The maximum atomic E-state index is 12.4. The lowest BCUT2D eigenvalue weighted by Gasteiger charge is -2.19. The molecular weight excluding hydrogens is 296 g/mol. The molecule has 1 rings (SSSR count). The highest BCUT2D eigenvalue weighted by Gasteiger charge is 2.22. The van der Waals surface area contributed by atoms with Gasteiger partial charge in [-0.05, 0) is 30.7 Å². The third-order valence-corrected chi connectivity index (χ3v) is 5.51. The van der Waals surface area contributed by atoms with E-state index in [9.17, 15) is 8.42 Å². The summed E-state index contributed by atoms with van der Waals surface area (Å²) in [5.74, 6) is 0. The molecule has 0 spiro atoms. The van der Waals surface area contributed by atoms with E-state index in [-0.39, 0.29) is 4.90 Å². The van der Waals surface area contributed by atoms with Crippen LogP contribution >= 0.6 is 11.6 Å². The van der Waals surface area contributed by atoms with Crippen LogP contribution in [0.3, 0.4) is 0 Å². The van der Waals surface area contributed by atoms with E-state index in [0.717, 1.165) is 18.5 Å². The molecule has 0 unspecified atom stereocenters. The number of nitrogens with zero attached hydrogens (tertiary/aromatic N) is 1. The van der Waals surface area contributed by atoms with Gasteiger partial charge in [0, 0.05) is 24.7 Å². The van der Waals surface area contributed by atoms with E-state index >= 15 is 0 Å². The summed E-state index contributed by atoms with van der Waals surface area (Å²) in [6, 6.07) is 4.95. The second-order valence-corrected chi connectivity index (χ2v) is 6.86. The molecule has 0 aromatic heterocycles. The van der Waals surface area contributed by atoms with E-state index in [2.05, 4.69) is 12.2 Å². The van der Waals surface area contributed by atoms with E-state index in [1.165, 1.54) is 10.4 Å². The minimum absolute atomic E-state index is 0.255. The first-order chi connectivity index (χ1) is 9.47. The Morgan fingerprint density at radius 3 is 2.35 bits per heavy atom. The summed E-state index contributed by atoms with van der Waals surface area (Å²) < 4.78 is 26.2. The maximum absolute atomic E-state index is 12.4. The second-order valence-electron chi connectivity index (χ2n) is 4.52. The third-order valence-electron chi connectivity index (χ3n) is 3.11. The van der Waals surface area contributed by atoms with Crippen molar-refractivity contribution < 1.29 is 8.42 Å². The zero-order valence-electron chi connectivity index (χ0n) is 12.3. The van der Waals surface area contributed by atoms with Gasteiger partial charge in [0.1, 0.15) is 0 Å². The second kappa shape index (κ2) is 7.98. The molecule has 0 aliphatic heterocycles. The van der Waals surface area contributed by atoms with Crippen LogP contribution in [0.25, 0.3) is 0 Å². The fraction of sp³-hybridized carbons (Fsp3) is 0.571. The molecule has 4 nitrogen and oxygen atoms in total. The minimum Gasteiger partial charge on any atom is -0.313 e. The first-order valence-electron chi connectivity index (χ1n) is 6.96. The molecule has 0 bridgehead atoms. The Morgan fingerprint density at radius 1 is 1.20 bits per heavy atom. The molecule has 0 radical (unpaired) electrons. The Morgan fingerprint density at radius 2 is 1.85 bits per heavy atom. The molecule has 0 amide bonds. The fourth-order valence-electron chi connectivity index (χ4n) is 1.94. The van der Waals surface area contributed by atoms with Gasteiger partial charge in [0.2, 0.25) is 10.0 Å². The highest BCUT2D eigenvalue weighted by Crippen LogP contribution is 2.23. The third kappa shape index (κ3) is 4.19. The Bertz CT molecular complexity index is 528. The first-order valence-corrected chi connectivity index (χ1v) is 8.78. The molecule has 0 aliphatic carbocycles. The van der Waals surface area contributed by atoms with Crippen molar-refractivity contribution in [3.63, 3.8) is 0 Å². The summed E-state index contributed by atoms with van der Waals surface area (Å²) in [4.78, 5) is 0.255. The summed E-state index contributed by atoms with van der Waals surface area (Å²) in [5.41, 5.74) is 0.915. The molecular formula is C14H23ClN2O2S. The average Bonchev–Trinajstić information content (AvgIpc) is 2.41. The SMILES string of the molecule is CCCNCc1ccc(S(=O)(=O)N(CC)CC)cc1Cl. The predicted molar refractivity (Wildman–Crippen MR) is 83.6 cm³/mol. The van der Waals surface area contributed by atoms with Gasteiger partial charge < -0.3 is 5.32 Å². The Balaban J connectivity index is 2.97. The van der Waals surface area contributed by atoms with Crippen molar-refractivity contribution in [2.24, 2.45) is 0 Å². The number of sulfonamides is 1. The lowest BCUT2D eigenvalue weighted by atomic mass is 10.2. The van der Waals surface area contributed by atoms with Crippen molar-refractivity contribution in [2.45, 2.75) is 38.6 Å². The van der Waals surface area contributed by atoms with Gasteiger partial charge in [0.25, 0.3) is 0 Å². The molecule has 0 heterocycles. The van der Waals surface area contributed by atoms with Gasteiger partial charge in [-0.1, -0.05) is 38.4 Å². The molecule has 0 fully saturated rings. The van der Waals surface area contributed by atoms with Crippen LogP contribution < -0.4 is 5.32 Å². The lowest BCUT2D eigenvalue weighted by Crippen LogP contribution is -2.30. The standard InChI is InChI=1S/C14H23ClN2O2S/c1-4-9-16-11-12-7-8-13(10-14(12)15)20(18,19)17(5-2)6-3/h7-8,10,16H,4-6,9,11H2,1-3H3. The molecule has 1 N–H and O–H groups in total. The van der Waals surface area contributed by atoms with Crippen LogP contribution in [0.2, 0.25) is 5.02 Å². The van der Waals surface area contributed by atoms with Gasteiger partial charge in [-0.25, -0.2) is 8.42 Å². The maximum Gasteiger partial charge on any atom is 0.243 e. The first kappa shape index (κ1) is 17.4. The van der Waals surface area contributed by atoms with Crippen molar-refractivity contribution >= 4 is 21.6 Å². The van der Waals surface area contributed by atoms with Crippen molar-refractivity contribution in [3.05, 3.63) is 28.8 Å². The fourth-order valence-corrected chi connectivity index (χ4v) is 3.74. The van der Waals surface area contributed by atoms with Gasteiger partial charge in [-0.15, -0.1) is 0 Å². The monoisotopic (exact) mass is 318 g/mol. The van der Waals surface area contributed by atoms with Crippen LogP contribution in [0.4, 0.5) is 0 Å². The number of rotatable bonds is 8. The zero-order chi connectivity index (χ0) is 15.2. The molecule has 20 heavy (non-hydrogen) atoms. The topological polar surface area (TPSA) is 49.4 Å². The van der Waals surface area contributed by atoms with Crippen LogP contribution in [0.5, 0.6) is 0 Å².